The third-order valence-electron chi connectivity index (χ3n) is 3.54. The fourth-order valence-electron chi connectivity index (χ4n) is 2.23. The van der Waals surface area contributed by atoms with Crippen molar-refractivity contribution in [2.75, 3.05) is 19.8 Å². The summed E-state index contributed by atoms with van der Waals surface area (Å²) in [5.41, 5.74) is 0.434. The molecule has 3 rings (SSSR count). The molecule has 122 valence electrons. The van der Waals surface area contributed by atoms with E-state index in [9.17, 15) is 4.79 Å². The van der Waals surface area contributed by atoms with Crippen LogP contribution in [0.1, 0.15) is 21.9 Å². The number of hydrogen-bond donors (Lipinski definition) is 1. The van der Waals surface area contributed by atoms with Gasteiger partial charge >= 0.3 is 0 Å². The van der Waals surface area contributed by atoms with Crippen LogP contribution >= 0.6 is 22.9 Å². The number of nitrogens with one attached hydrogen (secondary N) is 1. The molecule has 1 N–H and O–H groups in total. The number of halogens is 1. The van der Waals surface area contributed by atoms with E-state index in [1.165, 1.54) is 11.3 Å². The molecule has 1 atom stereocenters. The predicted molar refractivity (Wildman–Crippen MR) is 89.2 cm³/mol. The summed E-state index contributed by atoms with van der Waals surface area (Å²) in [5, 5.41) is 6.08. The summed E-state index contributed by atoms with van der Waals surface area (Å²) in [6.45, 7) is 2.46. The second kappa shape index (κ2) is 7.77. The molecule has 1 saturated heterocycles. The summed E-state index contributed by atoms with van der Waals surface area (Å²) >= 11 is 7.24. The van der Waals surface area contributed by atoms with Crippen LogP contribution in [0.25, 0.3) is 0 Å². The highest BCUT2D eigenvalue weighted by Gasteiger charge is 2.18. The van der Waals surface area contributed by atoms with E-state index >= 15 is 0 Å². The van der Waals surface area contributed by atoms with E-state index in [2.05, 4.69) is 10.3 Å². The molecule has 0 radical (unpaired) electrons. The van der Waals surface area contributed by atoms with E-state index in [0.29, 0.717) is 29.8 Å². The Morgan fingerprint density at radius 1 is 1.43 bits per heavy atom. The maximum Gasteiger partial charge on any atom is 0.270 e. The number of benzene rings is 1. The van der Waals surface area contributed by atoms with Gasteiger partial charge in [0.25, 0.3) is 5.91 Å². The molecular weight excluding hydrogens is 336 g/mol. The Balaban J connectivity index is 1.48. The van der Waals surface area contributed by atoms with Crippen LogP contribution in [0.15, 0.2) is 29.6 Å². The molecule has 0 aliphatic carbocycles. The minimum absolute atomic E-state index is 0.147. The van der Waals surface area contributed by atoms with E-state index in [0.717, 1.165) is 30.4 Å². The summed E-state index contributed by atoms with van der Waals surface area (Å²) in [5.74, 6) is 0.980. The maximum absolute atomic E-state index is 12.1. The number of ether oxygens (including phenoxy) is 2. The fourth-order valence-corrected chi connectivity index (χ4v) is 3.04. The maximum atomic E-state index is 12.1. The number of hydrogen-bond acceptors (Lipinski definition) is 5. The zero-order valence-electron chi connectivity index (χ0n) is 12.5. The summed E-state index contributed by atoms with van der Waals surface area (Å²) in [6, 6.07) is 7.13. The fraction of sp³-hybridized carbons (Fsp3) is 0.375. The molecule has 1 fully saturated rings. The SMILES string of the molecule is O=C(NCC1CCOC1)c1csc(COc2ccc(Cl)cc2)n1. The minimum Gasteiger partial charge on any atom is -0.486 e. The average Bonchev–Trinajstić information content (AvgIpc) is 3.24. The Morgan fingerprint density at radius 2 is 2.26 bits per heavy atom. The highest BCUT2D eigenvalue weighted by molar-refractivity contribution is 7.09. The lowest BCUT2D eigenvalue weighted by molar-refractivity contribution is 0.0940. The smallest absolute Gasteiger partial charge is 0.270 e. The lowest BCUT2D eigenvalue weighted by atomic mass is 10.1. The Kier molecular flexibility index (Phi) is 5.48. The predicted octanol–water partition coefficient (Wildman–Crippen LogP) is 3.14. The van der Waals surface area contributed by atoms with Crippen LogP contribution in [0.5, 0.6) is 5.75 Å². The van der Waals surface area contributed by atoms with Crippen molar-refractivity contribution in [3.63, 3.8) is 0 Å². The lowest BCUT2D eigenvalue weighted by Gasteiger charge is -2.07. The number of aromatic nitrogens is 1. The highest BCUT2D eigenvalue weighted by atomic mass is 35.5. The van der Waals surface area contributed by atoms with Gasteiger partial charge in [-0.3, -0.25) is 4.79 Å². The van der Waals surface area contributed by atoms with Gasteiger partial charge in [0.15, 0.2) is 0 Å². The number of carbonyl (C=O) groups is 1. The molecule has 1 aromatic heterocycles. The molecular formula is C16H17ClN2O3S. The van der Waals surface area contributed by atoms with Crippen molar-refractivity contribution in [2.45, 2.75) is 13.0 Å². The molecule has 2 aromatic rings. The molecule has 2 heterocycles. The number of nitrogens with zero attached hydrogens (tertiary/aromatic N) is 1. The summed E-state index contributed by atoms with van der Waals surface area (Å²) in [4.78, 5) is 16.4. The first kappa shape index (κ1) is 16.2. The van der Waals surface area contributed by atoms with Gasteiger partial charge < -0.3 is 14.8 Å². The largest absolute Gasteiger partial charge is 0.486 e. The number of rotatable bonds is 6. The first-order chi connectivity index (χ1) is 11.2. The van der Waals surface area contributed by atoms with Crippen LogP contribution in [0.3, 0.4) is 0 Å². The molecule has 0 bridgehead atoms. The first-order valence-electron chi connectivity index (χ1n) is 7.39. The number of amides is 1. The monoisotopic (exact) mass is 352 g/mol. The summed E-state index contributed by atoms with van der Waals surface area (Å²) < 4.78 is 10.9. The summed E-state index contributed by atoms with van der Waals surface area (Å²) in [7, 11) is 0. The van der Waals surface area contributed by atoms with Crippen molar-refractivity contribution in [1.82, 2.24) is 10.3 Å². The molecule has 1 unspecified atom stereocenters. The first-order valence-corrected chi connectivity index (χ1v) is 8.65. The molecule has 5 nitrogen and oxygen atoms in total. The number of carbonyl (C=O) groups excluding carboxylic acids is 1. The normalized spacial score (nSPS) is 17.2. The second-order valence-corrected chi connectivity index (χ2v) is 6.69. The average molecular weight is 353 g/mol. The van der Waals surface area contributed by atoms with Crippen LogP contribution in [-0.4, -0.2) is 30.6 Å². The Bertz CT molecular complexity index is 654. The Morgan fingerprint density at radius 3 is 3.00 bits per heavy atom. The van der Waals surface area contributed by atoms with E-state index < -0.39 is 0 Å². The van der Waals surface area contributed by atoms with Crippen LogP contribution in [-0.2, 0) is 11.3 Å². The number of thiazole rings is 1. The van der Waals surface area contributed by atoms with Gasteiger partial charge in [-0.05, 0) is 30.7 Å². The van der Waals surface area contributed by atoms with E-state index in [4.69, 9.17) is 21.1 Å². The second-order valence-electron chi connectivity index (χ2n) is 5.31. The van der Waals surface area contributed by atoms with Crippen molar-refractivity contribution in [1.29, 1.82) is 0 Å². The van der Waals surface area contributed by atoms with Gasteiger partial charge in [0.1, 0.15) is 23.1 Å². The summed E-state index contributed by atoms with van der Waals surface area (Å²) in [6.07, 6.45) is 0.998. The van der Waals surface area contributed by atoms with E-state index in [-0.39, 0.29) is 5.91 Å². The Labute approximate surface area is 143 Å². The zero-order valence-corrected chi connectivity index (χ0v) is 14.0. The van der Waals surface area contributed by atoms with Gasteiger partial charge in [-0.25, -0.2) is 4.98 Å². The molecule has 0 saturated carbocycles. The van der Waals surface area contributed by atoms with Crippen LogP contribution in [0, 0.1) is 5.92 Å². The van der Waals surface area contributed by atoms with Gasteiger partial charge in [0, 0.05) is 29.5 Å². The van der Waals surface area contributed by atoms with Gasteiger partial charge in [-0.15, -0.1) is 11.3 Å². The molecule has 1 aromatic carbocycles. The molecule has 1 aliphatic heterocycles. The standard InChI is InChI=1S/C16H17ClN2O3S/c17-12-1-3-13(4-2-12)22-9-15-19-14(10-23-15)16(20)18-7-11-5-6-21-8-11/h1-4,10-11H,5-9H2,(H,18,20). The topological polar surface area (TPSA) is 60.5 Å². The Hall–Kier alpha value is -1.63. The third kappa shape index (κ3) is 4.67. The van der Waals surface area contributed by atoms with E-state index in [1.54, 1.807) is 29.6 Å². The van der Waals surface area contributed by atoms with Crippen LogP contribution in [0.2, 0.25) is 5.02 Å². The van der Waals surface area contributed by atoms with Gasteiger partial charge in [-0.1, -0.05) is 11.6 Å². The molecule has 0 spiro atoms. The van der Waals surface area contributed by atoms with E-state index in [1.807, 2.05) is 0 Å². The van der Waals surface area contributed by atoms with Gasteiger partial charge in [0.2, 0.25) is 0 Å². The lowest BCUT2D eigenvalue weighted by Crippen LogP contribution is -2.29. The van der Waals surface area contributed by atoms with Gasteiger partial charge in [0.05, 0.1) is 6.61 Å². The quantitative estimate of drug-likeness (QED) is 0.867. The van der Waals surface area contributed by atoms with Crippen molar-refractivity contribution in [3.8, 4) is 5.75 Å². The minimum atomic E-state index is -0.147. The molecule has 23 heavy (non-hydrogen) atoms. The molecule has 1 aliphatic rings. The molecule has 7 heteroatoms. The zero-order chi connectivity index (χ0) is 16.1. The third-order valence-corrected chi connectivity index (χ3v) is 4.61. The highest BCUT2D eigenvalue weighted by Crippen LogP contribution is 2.18. The molecule has 1 amide bonds. The van der Waals surface area contributed by atoms with Crippen molar-refractivity contribution in [3.05, 3.63) is 45.4 Å². The van der Waals surface area contributed by atoms with Crippen LogP contribution < -0.4 is 10.1 Å². The van der Waals surface area contributed by atoms with Crippen molar-refractivity contribution >= 4 is 28.8 Å². The van der Waals surface area contributed by atoms with Crippen molar-refractivity contribution < 1.29 is 14.3 Å². The van der Waals surface area contributed by atoms with Crippen molar-refractivity contribution in [2.24, 2.45) is 5.92 Å². The van der Waals surface area contributed by atoms with Gasteiger partial charge in [-0.2, -0.15) is 0 Å². The van der Waals surface area contributed by atoms with Crippen LogP contribution in [0.4, 0.5) is 0 Å².